The van der Waals surface area contributed by atoms with Gasteiger partial charge in [0.15, 0.2) is 0 Å². The molecule has 3 nitrogen and oxygen atoms in total. The first-order valence-corrected chi connectivity index (χ1v) is 8.14. The van der Waals surface area contributed by atoms with E-state index in [1.807, 2.05) is 12.4 Å². The zero-order valence-corrected chi connectivity index (χ0v) is 12.3. The van der Waals surface area contributed by atoms with Gasteiger partial charge in [-0.2, -0.15) is 0 Å². The third kappa shape index (κ3) is 1.95. The summed E-state index contributed by atoms with van der Waals surface area (Å²) in [4.78, 5) is 11.7. The van der Waals surface area contributed by atoms with Crippen LogP contribution in [0.5, 0.6) is 0 Å². The second-order valence-electron chi connectivity index (χ2n) is 6.51. The van der Waals surface area contributed by atoms with Crippen LogP contribution in [0.3, 0.4) is 0 Å². The van der Waals surface area contributed by atoms with Gasteiger partial charge in [-0.3, -0.25) is 0 Å². The van der Waals surface area contributed by atoms with Crippen LogP contribution in [0.2, 0.25) is 0 Å². The first-order chi connectivity index (χ1) is 9.85. The molecule has 0 radical (unpaired) electrons. The van der Waals surface area contributed by atoms with Crippen molar-refractivity contribution in [1.29, 1.82) is 0 Å². The van der Waals surface area contributed by atoms with Gasteiger partial charge in [-0.05, 0) is 56.9 Å². The van der Waals surface area contributed by atoms with Gasteiger partial charge < -0.3 is 4.90 Å². The van der Waals surface area contributed by atoms with E-state index in [-0.39, 0.29) is 0 Å². The SMILES string of the molecule is CCc1cnc(N2C3CCC2CC(=C2CCC2)C3)nc1. The van der Waals surface area contributed by atoms with E-state index < -0.39 is 0 Å². The molecule has 20 heavy (non-hydrogen) atoms. The highest BCUT2D eigenvalue weighted by Gasteiger charge is 2.40. The topological polar surface area (TPSA) is 29.0 Å². The van der Waals surface area contributed by atoms with Crippen molar-refractivity contribution in [2.24, 2.45) is 0 Å². The standard InChI is InChI=1S/C17H23N3/c1-2-12-10-18-17(19-11-12)20-15-6-7-16(20)9-14(8-15)13-4-3-5-13/h10-11,15-16H,2-9H2,1H3. The second-order valence-corrected chi connectivity index (χ2v) is 6.51. The molecule has 3 heterocycles. The van der Waals surface area contributed by atoms with Crippen LogP contribution in [0.25, 0.3) is 0 Å². The minimum absolute atomic E-state index is 0.657. The first-order valence-electron chi connectivity index (χ1n) is 8.14. The maximum Gasteiger partial charge on any atom is 0.225 e. The van der Waals surface area contributed by atoms with Crippen LogP contribution in [0, 0.1) is 0 Å². The van der Waals surface area contributed by atoms with Crippen LogP contribution in [-0.4, -0.2) is 22.1 Å². The van der Waals surface area contributed by atoms with E-state index in [1.54, 1.807) is 11.1 Å². The molecule has 106 valence electrons. The molecule has 0 amide bonds. The summed E-state index contributed by atoms with van der Waals surface area (Å²) in [6, 6.07) is 1.31. The van der Waals surface area contributed by atoms with Gasteiger partial charge >= 0.3 is 0 Å². The Bertz CT molecular complexity index is 510. The first kappa shape index (κ1) is 12.4. The van der Waals surface area contributed by atoms with Crippen molar-refractivity contribution in [3.05, 3.63) is 29.1 Å². The van der Waals surface area contributed by atoms with Gasteiger partial charge in [0.05, 0.1) is 0 Å². The summed E-state index contributed by atoms with van der Waals surface area (Å²) >= 11 is 0. The average molecular weight is 269 g/mol. The van der Waals surface area contributed by atoms with Gasteiger partial charge in [-0.15, -0.1) is 0 Å². The zero-order chi connectivity index (χ0) is 13.5. The van der Waals surface area contributed by atoms with E-state index in [4.69, 9.17) is 0 Å². The lowest BCUT2D eigenvalue weighted by molar-refractivity contribution is 0.514. The van der Waals surface area contributed by atoms with E-state index in [0.717, 1.165) is 12.4 Å². The number of allylic oxidation sites excluding steroid dienone is 1. The molecule has 1 aromatic rings. The van der Waals surface area contributed by atoms with E-state index in [0.29, 0.717) is 12.1 Å². The second kappa shape index (κ2) is 4.87. The molecule has 2 atom stereocenters. The fourth-order valence-electron chi connectivity index (χ4n) is 4.00. The van der Waals surface area contributed by atoms with Crippen molar-refractivity contribution >= 4 is 5.95 Å². The fraction of sp³-hybridized carbons (Fsp3) is 0.647. The molecule has 0 spiro atoms. The van der Waals surface area contributed by atoms with Crippen LogP contribution in [0.1, 0.15) is 57.4 Å². The Balaban J connectivity index is 1.58. The Morgan fingerprint density at radius 2 is 1.70 bits per heavy atom. The summed E-state index contributed by atoms with van der Waals surface area (Å²) in [5.74, 6) is 0.965. The van der Waals surface area contributed by atoms with Gasteiger partial charge in [-0.25, -0.2) is 9.97 Å². The summed E-state index contributed by atoms with van der Waals surface area (Å²) in [6.45, 7) is 2.15. The van der Waals surface area contributed by atoms with Crippen molar-refractivity contribution in [2.45, 2.75) is 70.4 Å². The molecule has 4 rings (SSSR count). The number of aryl methyl sites for hydroxylation is 1. The van der Waals surface area contributed by atoms with Crippen molar-refractivity contribution in [1.82, 2.24) is 9.97 Å². The summed E-state index contributed by atoms with van der Waals surface area (Å²) in [5.41, 5.74) is 4.80. The molecular weight excluding hydrogens is 246 g/mol. The number of hydrogen-bond acceptors (Lipinski definition) is 3. The van der Waals surface area contributed by atoms with Crippen molar-refractivity contribution in [3.8, 4) is 0 Å². The highest BCUT2D eigenvalue weighted by Crippen LogP contribution is 2.44. The molecule has 3 aliphatic rings. The van der Waals surface area contributed by atoms with E-state index in [1.165, 1.54) is 50.5 Å². The maximum absolute atomic E-state index is 4.62. The predicted octanol–water partition coefficient (Wildman–Crippen LogP) is 3.65. The van der Waals surface area contributed by atoms with Crippen LogP contribution < -0.4 is 4.90 Å². The third-order valence-corrected chi connectivity index (χ3v) is 5.37. The average Bonchev–Trinajstić information content (AvgIpc) is 2.68. The quantitative estimate of drug-likeness (QED) is 0.767. The number of hydrogen-bond donors (Lipinski definition) is 0. The van der Waals surface area contributed by atoms with Crippen molar-refractivity contribution in [3.63, 3.8) is 0 Å². The van der Waals surface area contributed by atoms with Crippen LogP contribution in [0.4, 0.5) is 5.95 Å². The Hall–Kier alpha value is -1.38. The monoisotopic (exact) mass is 269 g/mol. The molecule has 1 aromatic heterocycles. The van der Waals surface area contributed by atoms with Gasteiger partial charge in [0, 0.05) is 24.5 Å². The molecule has 2 aliphatic heterocycles. The van der Waals surface area contributed by atoms with Crippen molar-refractivity contribution < 1.29 is 0 Å². The lowest BCUT2D eigenvalue weighted by Gasteiger charge is -2.38. The number of rotatable bonds is 2. The number of piperidine rings is 1. The Kier molecular flexibility index (Phi) is 3.01. The Morgan fingerprint density at radius 1 is 1.05 bits per heavy atom. The van der Waals surface area contributed by atoms with E-state index in [9.17, 15) is 0 Å². The molecule has 2 bridgehead atoms. The lowest BCUT2D eigenvalue weighted by atomic mass is 9.82. The number of anilines is 1. The van der Waals surface area contributed by atoms with Gasteiger partial charge in [-0.1, -0.05) is 18.1 Å². The lowest BCUT2D eigenvalue weighted by Crippen LogP contribution is -2.42. The van der Waals surface area contributed by atoms with Crippen LogP contribution in [0.15, 0.2) is 23.5 Å². The highest BCUT2D eigenvalue weighted by atomic mass is 15.3. The molecule has 0 aromatic carbocycles. The van der Waals surface area contributed by atoms with Gasteiger partial charge in [0.2, 0.25) is 5.95 Å². The van der Waals surface area contributed by atoms with Gasteiger partial charge in [0.25, 0.3) is 0 Å². The van der Waals surface area contributed by atoms with Crippen molar-refractivity contribution in [2.75, 3.05) is 4.90 Å². The fourth-order valence-corrected chi connectivity index (χ4v) is 4.00. The normalized spacial score (nSPS) is 28.8. The molecule has 1 saturated carbocycles. The molecule has 3 heteroatoms. The van der Waals surface area contributed by atoms with Crippen LogP contribution >= 0.6 is 0 Å². The van der Waals surface area contributed by atoms with E-state index in [2.05, 4.69) is 21.8 Å². The number of nitrogens with zero attached hydrogens (tertiary/aromatic N) is 3. The molecule has 1 aliphatic carbocycles. The summed E-state index contributed by atoms with van der Waals surface area (Å²) < 4.78 is 0. The molecule has 2 saturated heterocycles. The zero-order valence-electron chi connectivity index (χ0n) is 12.3. The van der Waals surface area contributed by atoms with Gasteiger partial charge in [0.1, 0.15) is 0 Å². The third-order valence-electron chi connectivity index (χ3n) is 5.37. The smallest absolute Gasteiger partial charge is 0.225 e. The number of fused-ring (bicyclic) bond motifs is 2. The highest BCUT2D eigenvalue weighted by molar-refractivity contribution is 5.41. The van der Waals surface area contributed by atoms with E-state index >= 15 is 0 Å². The molecular formula is C17H23N3. The summed E-state index contributed by atoms with van der Waals surface area (Å²) in [6.07, 6.45) is 14.4. The maximum atomic E-state index is 4.62. The summed E-state index contributed by atoms with van der Waals surface area (Å²) in [7, 11) is 0. The minimum atomic E-state index is 0.657. The molecule has 0 N–H and O–H groups in total. The van der Waals surface area contributed by atoms with Crippen LogP contribution in [-0.2, 0) is 6.42 Å². The predicted molar refractivity (Wildman–Crippen MR) is 80.8 cm³/mol. The minimum Gasteiger partial charge on any atom is -0.334 e. The number of aromatic nitrogens is 2. The Morgan fingerprint density at radius 3 is 2.20 bits per heavy atom. The molecule has 2 unspecified atom stereocenters. The summed E-state index contributed by atoms with van der Waals surface area (Å²) in [5, 5.41) is 0. The largest absolute Gasteiger partial charge is 0.334 e. The molecule has 3 fully saturated rings. The Labute approximate surface area is 121 Å².